The van der Waals surface area contributed by atoms with Crippen molar-refractivity contribution in [2.75, 3.05) is 10.7 Å². The lowest BCUT2D eigenvalue weighted by atomic mass is 9.83. The average Bonchev–Trinajstić information content (AvgIpc) is 2.43. The number of nitrogens with zero attached hydrogens (tertiary/aromatic N) is 2. The first-order valence-corrected chi connectivity index (χ1v) is 7.77. The third kappa shape index (κ3) is 3.79. The van der Waals surface area contributed by atoms with Crippen molar-refractivity contribution in [1.29, 1.82) is 0 Å². The van der Waals surface area contributed by atoms with Crippen molar-refractivity contribution in [3.05, 3.63) is 10.8 Å². The van der Waals surface area contributed by atoms with Gasteiger partial charge in [-0.15, -0.1) is 0 Å². The molecule has 0 spiro atoms. The van der Waals surface area contributed by atoms with Gasteiger partial charge in [0.05, 0.1) is 0 Å². The molecular formula is C13H22BrN5. The van der Waals surface area contributed by atoms with Crippen molar-refractivity contribution >= 4 is 27.6 Å². The van der Waals surface area contributed by atoms with E-state index in [0.717, 1.165) is 16.2 Å². The summed E-state index contributed by atoms with van der Waals surface area (Å²) in [6.45, 7) is 2.27. The summed E-state index contributed by atoms with van der Waals surface area (Å²) in [7, 11) is 0. The number of anilines is 2. The maximum atomic E-state index is 5.41. The fourth-order valence-electron chi connectivity index (χ4n) is 2.77. The SMILES string of the molecule is CCCC1CCC(Nc2ncnc(NN)c2Br)CC1. The highest BCUT2D eigenvalue weighted by atomic mass is 79.9. The number of halogens is 1. The molecule has 0 saturated heterocycles. The van der Waals surface area contributed by atoms with Crippen molar-refractivity contribution in [3.8, 4) is 0 Å². The van der Waals surface area contributed by atoms with Crippen molar-refractivity contribution in [2.45, 2.75) is 51.5 Å². The van der Waals surface area contributed by atoms with E-state index in [1.165, 1.54) is 44.9 Å². The van der Waals surface area contributed by atoms with Crippen LogP contribution in [-0.2, 0) is 0 Å². The van der Waals surface area contributed by atoms with Crippen molar-refractivity contribution in [1.82, 2.24) is 9.97 Å². The zero-order valence-corrected chi connectivity index (χ0v) is 12.9. The van der Waals surface area contributed by atoms with Crippen molar-refractivity contribution in [3.63, 3.8) is 0 Å². The van der Waals surface area contributed by atoms with Crippen LogP contribution in [0.3, 0.4) is 0 Å². The summed E-state index contributed by atoms with van der Waals surface area (Å²) in [6, 6.07) is 0.505. The second kappa shape index (κ2) is 7.05. The Kier molecular flexibility index (Phi) is 5.39. The number of rotatable bonds is 5. The topological polar surface area (TPSA) is 75.9 Å². The average molecular weight is 328 g/mol. The molecule has 1 aliphatic carbocycles. The number of hydrogen-bond donors (Lipinski definition) is 3. The van der Waals surface area contributed by atoms with E-state index in [-0.39, 0.29) is 0 Å². The first kappa shape index (κ1) is 14.5. The number of hydrazine groups is 1. The summed E-state index contributed by atoms with van der Waals surface area (Å²) in [4.78, 5) is 8.32. The molecule has 6 heteroatoms. The normalized spacial score (nSPS) is 23.1. The van der Waals surface area contributed by atoms with Crippen LogP contribution >= 0.6 is 15.9 Å². The summed E-state index contributed by atoms with van der Waals surface area (Å²) in [5.41, 5.74) is 2.56. The highest BCUT2D eigenvalue weighted by molar-refractivity contribution is 9.10. The van der Waals surface area contributed by atoms with E-state index in [4.69, 9.17) is 5.84 Å². The van der Waals surface area contributed by atoms with E-state index in [1.807, 2.05) is 0 Å². The van der Waals surface area contributed by atoms with E-state index < -0.39 is 0 Å². The fourth-order valence-corrected chi connectivity index (χ4v) is 3.20. The Morgan fingerprint density at radius 1 is 1.26 bits per heavy atom. The molecule has 0 amide bonds. The van der Waals surface area contributed by atoms with Crippen LogP contribution in [0.2, 0.25) is 0 Å². The van der Waals surface area contributed by atoms with Crippen molar-refractivity contribution in [2.24, 2.45) is 11.8 Å². The molecule has 0 aliphatic heterocycles. The fraction of sp³-hybridized carbons (Fsp3) is 0.692. The molecule has 1 aliphatic rings. The Labute approximate surface area is 122 Å². The molecule has 0 bridgehead atoms. The van der Waals surface area contributed by atoms with Gasteiger partial charge in [-0.05, 0) is 47.5 Å². The molecule has 0 atom stereocenters. The second-order valence-electron chi connectivity index (χ2n) is 5.18. The van der Waals surface area contributed by atoms with E-state index in [0.29, 0.717) is 11.9 Å². The molecule has 1 saturated carbocycles. The molecule has 0 radical (unpaired) electrons. The third-order valence-corrected chi connectivity index (χ3v) is 4.56. The molecule has 0 aromatic carbocycles. The summed E-state index contributed by atoms with van der Waals surface area (Å²) >= 11 is 3.47. The molecule has 19 heavy (non-hydrogen) atoms. The Morgan fingerprint density at radius 2 is 1.95 bits per heavy atom. The maximum absolute atomic E-state index is 5.41. The molecule has 5 nitrogen and oxygen atoms in total. The van der Waals surface area contributed by atoms with Crippen LogP contribution in [0.1, 0.15) is 45.4 Å². The van der Waals surface area contributed by atoms with E-state index in [2.05, 4.69) is 43.6 Å². The van der Waals surface area contributed by atoms with Gasteiger partial charge in [0.2, 0.25) is 0 Å². The molecule has 2 rings (SSSR count). The maximum Gasteiger partial charge on any atom is 0.159 e. The minimum absolute atomic E-state index is 0.505. The second-order valence-corrected chi connectivity index (χ2v) is 5.97. The highest BCUT2D eigenvalue weighted by Crippen LogP contribution is 2.32. The van der Waals surface area contributed by atoms with Gasteiger partial charge >= 0.3 is 0 Å². The van der Waals surface area contributed by atoms with Gasteiger partial charge in [0.25, 0.3) is 0 Å². The molecule has 1 heterocycles. The van der Waals surface area contributed by atoms with Gasteiger partial charge in [-0.1, -0.05) is 19.8 Å². The minimum atomic E-state index is 0.505. The third-order valence-electron chi connectivity index (χ3n) is 3.81. The van der Waals surface area contributed by atoms with Crippen LogP contribution in [0.5, 0.6) is 0 Å². The van der Waals surface area contributed by atoms with Crippen molar-refractivity contribution < 1.29 is 0 Å². The van der Waals surface area contributed by atoms with E-state index in [1.54, 1.807) is 0 Å². The lowest BCUT2D eigenvalue weighted by Crippen LogP contribution is -2.27. The number of hydrogen-bond acceptors (Lipinski definition) is 5. The largest absolute Gasteiger partial charge is 0.366 e. The van der Waals surface area contributed by atoms with Gasteiger partial charge in [0.15, 0.2) is 5.82 Å². The van der Waals surface area contributed by atoms with E-state index >= 15 is 0 Å². The van der Waals surface area contributed by atoms with Gasteiger partial charge in [-0.3, -0.25) is 0 Å². The quantitative estimate of drug-likeness (QED) is 0.571. The first-order chi connectivity index (χ1) is 9.24. The Hall–Kier alpha value is -0.880. The Morgan fingerprint density at radius 3 is 2.58 bits per heavy atom. The Balaban J connectivity index is 1.92. The van der Waals surface area contributed by atoms with E-state index in [9.17, 15) is 0 Å². The lowest BCUT2D eigenvalue weighted by molar-refractivity contribution is 0.318. The van der Waals surface area contributed by atoms with Crippen LogP contribution in [0.25, 0.3) is 0 Å². The predicted molar refractivity (Wildman–Crippen MR) is 81.8 cm³/mol. The van der Waals surface area contributed by atoms with Gasteiger partial charge < -0.3 is 10.7 Å². The number of aromatic nitrogens is 2. The van der Waals surface area contributed by atoms with Crippen LogP contribution in [0.4, 0.5) is 11.6 Å². The summed E-state index contributed by atoms with van der Waals surface area (Å²) in [5, 5.41) is 3.49. The van der Waals surface area contributed by atoms with Gasteiger partial charge in [-0.2, -0.15) is 0 Å². The summed E-state index contributed by atoms with van der Waals surface area (Å²) in [5.74, 6) is 7.75. The van der Waals surface area contributed by atoms with Gasteiger partial charge in [0, 0.05) is 6.04 Å². The number of nitrogens with one attached hydrogen (secondary N) is 2. The molecule has 1 aromatic heterocycles. The summed E-state index contributed by atoms with van der Waals surface area (Å²) < 4.78 is 0.799. The molecule has 1 fully saturated rings. The van der Waals surface area contributed by atoms with Crippen LogP contribution < -0.4 is 16.6 Å². The number of nitrogen functional groups attached to an aromatic ring is 1. The zero-order valence-electron chi connectivity index (χ0n) is 11.3. The van der Waals surface area contributed by atoms with Gasteiger partial charge in [0.1, 0.15) is 16.6 Å². The van der Waals surface area contributed by atoms with Crippen LogP contribution in [0.15, 0.2) is 10.8 Å². The van der Waals surface area contributed by atoms with Crippen LogP contribution in [-0.4, -0.2) is 16.0 Å². The molecule has 4 N–H and O–H groups in total. The molecule has 106 valence electrons. The standard InChI is InChI=1S/C13H22BrN5/c1-2-3-9-4-6-10(7-5-9)18-12-11(14)13(19-15)17-8-16-12/h8-10H,2-7,15H2,1H3,(H2,16,17,18,19). The summed E-state index contributed by atoms with van der Waals surface area (Å²) in [6.07, 6.45) is 9.24. The molecule has 1 aromatic rings. The highest BCUT2D eigenvalue weighted by Gasteiger charge is 2.21. The van der Waals surface area contributed by atoms with Crippen LogP contribution in [0, 0.1) is 5.92 Å². The Bertz CT molecular complexity index is 404. The predicted octanol–water partition coefficient (Wildman–Crippen LogP) is 3.30. The lowest BCUT2D eigenvalue weighted by Gasteiger charge is -2.29. The van der Waals surface area contributed by atoms with Gasteiger partial charge in [-0.25, -0.2) is 15.8 Å². The molecular weight excluding hydrogens is 306 g/mol. The zero-order chi connectivity index (χ0) is 13.7. The first-order valence-electron chi connectivity index (χ1n) is 6.98. The monoisotopic (exact) mass is 327 g/mol. The smallest absolute Gasteiger partial charge is 0.159 e. The number of nitrogens with two attached hydrogens (primary N) is 1. The molecule has 0 unspecified atom stereocenters. The minimum Gasteiger partial charge on any atom is -0.366 e.